The van der Waals surface area contributed by atoms with Crippen LogP contribution in [0.5, 0.6) is 0 Å². The summed E-state index contributed by atoms with van der Waals surface area (Å²) in [5.74, 6) is -0.982. The third-order valence-electron chi connectivity index (χ3n) is 6.46. The fourth-order valence-corrected chi connectivity index (χ4v) is 3.62. The van der Waals surface area contributed by atoms with E-state index in [9.17, 15) is 19.2 Å². The first kappa shape index (κ1) is 51.1. The lowest BCUT2D eigenvalue weighted by Crippen LogP contribution is -2.52. The van der Waals surface area contributed by atoms with Crippen LogP contribution in [-0.2, 0) is 25.6 Å². The normalized spacial score (nSPS) is 10.7. The molecule has 11 nitrogen and oxygen atoms in total. The topological polar surface area (TPSA) is 195 Å². The molecular formula is C40H71N7O4. The van der Waals surface area contributed by atoms with E-state index >= 15 is 0 Å². The first-order valence-electron chi connectivity index (χ1n) is 18.4. The maximum absolute atomic E-state index is 12.5. The molecule has 0 saturated heterocycles. The minimum atomic E-state index is -0.894. The van der Waals surface area contributed by atoms with E-state index < -0.39 is 29.8 Å². The number of Topliss-reactive ketones (excluding diaryl/α,β-unsaturated/α-hetero) is 1. The highest BCUT2D eigenvalue weighted by molar-refractivity contribution is 5.92. The van der Waals surface area contributed by atoms with Crippen molar-refractivity contribution in [3.05, 3.63) is 71.8 Å². The number of aliphatic imine (C=N–C) groups is 1. The number of hydrogen-bond donors (Lipinski definition) is 6. The lowest BCUT2D eigenvalue weighted by molar-refractivity contribution is -0.130. The van der Waals surface area contributed by atoms with Crippen molar-refractivity contribution >= 4 is 29.5 Å². The average Bonchev–Trinajstić information content (AvgIpc) is 3.09. The Morgan fingerprint density at radius 3 is 1.59 bits per heavy atom. The van der Waals surface area contributed by atoms with Crippen LogP contribution in [0.15, 0.2) is 65.7 Å². The third-order valence-corrected chi connectivity index (χ3v) is 6.46. The quantitative estimate of drug-likeness (QED) is 0.0742. The van der Waals surface area contributed by atoms with Gasteiger partial charge in [-0.05, 0) is 38.2 Å². The van der Waals surface area contributed by atoms with Gasteiger partial charge in [0.05, 0.1) is 19.1 Å². The zero-order valence-corrected chi connectivity index (χ0v) is 33.1. The zero-order valence-electron chi connectivity index (χ0n) is 33.1. The van der Waals surface area contributed by atoms with Crippen LogP contribution >= 0.6 is 0 Å². The summed E-state index contributed by atoms with van der Waals surface area (Å²) in [6.07, 6.45) is 7.81. The number of carbonyl (C=O) groups is 4. The maximum atomic E-state index is 12.5. The molecule has 2 unspecified atom stereocenters. The highest BCUT2D eigenvalue weighted by Crippen LogP contribution is 2.04. The summed E-state index contributed by atoms with van der Waals surface area (Å²) >= 11 is 0. The van der Waals surface area contributed by atoms with Crippen molar-refractivity contribution in [3.8, 4) is 0 Å². The van der Waals surface area contributed by atoms with Crippen LogP contribution in [0.25, 0.3) is 0 Å². The van der Waals surface area contributed by atoms with Crippen LogP contribution in [0.1, 0.15) is 111 Å². The lowest BCUT2D eigenvalue weighted by Gasteiger charge is -2.19. The van der Waals surface area contributed by atoms with Crippen LogP contribution in [0.4, 0.5) is 0 Å². The van der Waals surface area contributed by atoms with E-state index in [0.717, 1.165) is 11.5 Å². The first-order chi connectivity index (χ1) is 24.2. The number of benzene rings is 2. The van der Waals surface area contributed by atoms with Gasteiger partial charge in [-0.3, -0.25) is 24.2 Å². The number of hydrogen-bond acceptors (Lipinski definition) is 6. The monoisotopic (exact) mass is 714 g/mol. The van der Waals surface area contributed by atoms with E-state index in [-0.39, 0.29) is 31.3 Å². The van der Waals surface area contributed by atoms with E-state index in [1.165, 1.54) is 44.6 Å². The molecule has 2 aromatic carbocycles. The number of guanidine groups is 1. The van der Waals surface area contributed by atoms with E-state index in [0.29, 0.717) is 19.4 Å². The molecule has 2 aromatic rings. The standard InChI is InChI=1S/C20H31N7O4.C7H8.C5H12.2C4H10/c1-13(28)15(8-5-9-24-20(22)23)26-18(30)12-25-19(31)16(27-17(29)11-21)10-14-6-3-2-4-7-14;1-7-5-3-2-4-6-7;1-3-5-4-2;1-4(2)3;1-3-4-2/h2-4,6-7,15-16H,5,8-12,21H2,1H3,(H,25,31)(H,26,30)(H,27,29)(H4,22,23,24);2-6H,1H3;3-5H2,1-2H3;4H,1-3H3;3-4H2,1-2H3. The number of ketones is 1. The highest BCUT2D eigenvalue weighted by atomic mass is 16.2. The number of nitrogens with two attached hydrogens (primary N) is 3. The molecule has 0 heterocycles. The van der Waals surface area contributed by atoms with Gasteiger partial charge >= 0.3 is 0 Å². The summed E-state index contributed by atoms with van der Waals surface area (Å²) < 4.78 is 0. The molecule has 0 bridgehead atoms. The number of carbonyl (C=O) groups excluding carboxylic acids is 4. The maximum Gasteiger partial charge on any atom is 0.243 e. The minimum absolute atomic E-state index is 0.0436. The van der Waals surface area contributed by atoms with Crippen molar-refractivity contribution in [2.75, 3.05) is 19.6 Å². The molecule has 2 atom stereocenters. The van der Waals surface area contributed by atoms with E-state index in [2.05, 4.69) is 88.5 Å². The fraction of sp³-hybridized carbons (Fsp3) is 0.575. The molecule has 0 aliphatic heterocycles. The van der Waals surface area contributed by atoms with Crippen LogP contribution in [-0.4, -0.2) is 61.2 Å². The largest absolute Gasteiger partial charge is 0.370 e. The Bertz CT molecular complexity index is 1170. The van der Waals surface area contributed by atoms with Gasteiger partial charge < -0.3 is 33.2 Å². The summed E-state index contributed by atoms with van der Waals surface area (Å²) in [5.41, 5.74) is 18.0. The smallest absolute Gasteiger partial charge is 0.243 e. The minimum Gasteiger partial charge on any atom is -0.370 e. The third kappa shape index (κ3) is 36.8. The number of rotatable bonds is 16. The predicted octanol–water partition coefficient (Wildman–Crippen LogP) is 5.58. The summed E-state index contributed by atoms with van der Waals surface area (Å²) in [7, 11) is 0. The Hall–Kier alpha value is -4.25. The van der Waals surface area contributed by atoms with Crippen LogP contribution in [0.3, 0.4) is 0 Å². The fourth-order valence-electron chi connectivity index (χ4n) is 3.62. The molecule has 2 rings (SSSR count). The lowest BCUT2D eigenvalue weighted by atomic mass is 10.1. The van der Waals surface area contributed by atoms with Gasteiger partial charge in [-0.25, -0.2) is 0 Å². The molecule has 0 aliphatic carbocycles. The van der Waals surface area contributed by atoms with Crippen molar-refractivity contribution < 1.29 is 19.2 Å². The molecule has 0 radical (unpaired) electrons. The van der Waals surface area contributed by atoms with Gasteiger partial charge in [0.2, 0.25) is 17.7 Å². The SMILES string of the molecule is CC(=O)C(CCCN=C(N)N)NC(=O)CNC(=O)C(Cc1ccccc1)NC(=O)CN.CC(C)C.CCCC.CCCCC.Cc1ccccc1. The number of aryl methyl sites for hydroxylation is 1. The molecule has 0 aromatic heterocycles. The Morgan fingerprint density at radius 1 is 0.725 bits per heavy atom. The molecule has 0 aliphatic rings. The van der Waals surface area contributed by atoms with Gasteiger partial charge in [-0.15, -0.1) is 0 Å². The van der Waals surface area contributed by atoms with E-state index in [1.807, 2.05) is 48.5 Å². The van der Waals surface area contributed by atoms with Crippen LogP contribution in [0, 0.1) is 12.8 Å². The molecule has 51 heavy (non-hydrogen) atoms. The summed E-state index contributed by atoms with van der Waals surface area (Å²) in [6, 6.07) is 17.8. The molecule has 290 valence electrons. The second-order valence-corrected chi connectivity index (χ2v) is 12.7. The van der Waals surface area contributed by atoms with Gasteiger partial charge in [-0.1, -0.05) is 147 Å². The van der Waals surface area contributed by atoms with Crippen molar-refractivity contribution in [1.82, 2.24) is 16.0 Å². The molecule has 0 fully saturated rings. The van der Waals surface area contributed by atoms with Crippen molar-refractivity contribution in [3.63, 3.8) is 0 Å². The van der Waals surface area contributed by atoms with E-state index in [4.69, 9.17) is 17.2 Å². The van der Waals surface area contributed by atoms with Gasteiger partial charge in [0.15, 0.2) is 11.7 Å². The van der Waals surface area contributed by atoms with Crippen molar-refractivity contribution in [2.45, 2.75) is 126 Å². The van der Waals surface area contributed by atoms with Crippen LogP contribution < -0.4 is 33.2 Å². The van der Waals surface area contributed by atoms with Gasteiger partial charge in [0, 0.05) is 13.0 Å². The Kier molecular flexibility index (Phi) is 35.7. The van der Waals surface area contributed by atoms with Gasteiger partial charge in [-0.2, -0.15) is 0 Å². The number of nitrogens with one attached hydrogen (secondary N) is 3. The van der Waals surface area contributed by atoms with Crippen molar-refractivity contribution in [2.24, 2.45) is 28.1 Å². The number of amides is 3. The molecule has 9 N–H and O–H groups in total. The summed E-state index contributed by atoms with van der Waals surface area (Å²) in [6.45, 7) is 18.5. The number of nitrogens with zero attached hydrogens (tertiary/aromatic N) is 1. The second-order valence-electron chi connectivity index (χ2n) is 12.7. The summed E-state index contributed by atoms with van der Waals surface area (Å²) in [4.78, 5) is 52.0. The number of unbranched alkanes of at least 4 members (excludes halogenated alkanes) is 3. The predicted molar refractivity (Wildman–Crippen MR) is 214 cm³/mol. The zero-order chi connectivity index (χ0) is 39.5. The molecule has 0 saturated carbocycles. The Labute approximate surface area is 309 Å². The van der Waals surface area contributed by atoms with Crippen LogP contribution in [0.2, 0.25) is 0 Å². The Balaban J connectivity index is -0.000000923. The molecular weight excluding hydrogens is 642 g/mol. The van der Waals surface area contributed by atoms with E-state index in [1.54, 1.807) is 0 Å². The molecule has 3 amide bonds. The molecule has 0 spiro atoms. The van der Waals surface area contributed by atoms with Crippen molar-refractivity contribution in [1.29, 1.82) is 0 Å². The van der Waals surface area contributed by atoms with Gasteiger partial charge in [0.1, 0.15) is 6.04 Å². The highest BCUT2D eigenvalue weighted by Gasteiger charge is 2.22. The average molecular weight is 714 g/mol. The summed E-state index contributed by atoms with van der Waals surface area (Å²) in [5, 5.41) is 7.61. The van der Waals surface area contributed by atoms with Gasteiger partial charge in [0.25, 0.3) is 0 Å². The molecule has 11 heteroatoms. The Morgan fingerprint density at radius 2 is 1.22 bits per heavy atom. The second kappa shape index (κ2) is 35.6. The first-order valence-corrected chi connectivity index (χ1v) is 18.4.